The summed E-state index contributed by atoms with van der Waals surface area (Å²) < 4.78 is 11.7. The second-order valence-corrected chi connectivity index (χ2v) is 8.39. The fraction of sp³-hybridized carbons (Fsp3) is 0.370. The van der Waals surface area contributed by atoms with E-state index in [1.54, 1.807) is 0 Å². The first-order valence-corrected chi connectivity index (χ1v) is 12.0. The topological polar surface area (TPSA) is 67.8 Å². The monoisotopic (exact) mass is 460 g/mol. The van der Waals surface area contributed by atoms with E-state index in [0.29, 0.717) is 50.1 Å². The number of piperazine rings is 1. The highest BCUT2D eigenvalue weighted by atomic mass is 16.5. The summed E-state index contributed by atoms with van der Waals surface area (Å²) in [5.74, 6) is 3.58. The van der Waals surface area contributed by atoms with Gasteiger partial charge in [-0.25, -0.2) is 4.98 Å². The molecule has 0 radical (unpaired) electrons. The molecule has 0 bridgehead atoms. The first-order chi connectivity index (χ1) is 16.6. The molecule has 2 heterocycles. The summed E-state index contributed by atoms with van der Waals surface area (Å²) in [7, 11) is 0. The average Bonchev–Trinajstić information content (AvgIpc) is 2.87. The molecule has 3 aromatic rings. The minimum atomic E-state index is 0.0455. The van der Waals surface area contributed by atoms with E-state index in [9.17, 15) is 4.79 Å². The maximum absolute atomic E-state index is 13.0. The molecular weight excluding hydrogens is 428 g/mol. The Hall–Kier alpha value is -3.61. The number of nitrogens with zero attached hydrogens (tertiary/aromatic N) is 4. The number of carbonyl (C=O) groups is 1. The van der Waals surface area contributed by atoms with Crippen LogP contribution in [0.1, 0.15) is 42.4 Å². The van der Waals surface area contributed by atoms with E-state index >= 15 is 0 Å². The predicted molar refractivity (Wildman–Crippen MR) is 133 cm³/mol. The van der Waals surface area contributed by atoms with E-state index in [-0.39, 0.29) is 5.91 Å². The second kappa shape index (κ2) is 11.5. The van der Waals surface area contributed by atoms with Crippen LogP contribution in [0.3, 0.4) is 0 Å². The van der Waals surface area contributed by atoms with Crippen molar-refractivity contribution in [3.8, 4) is 17.4 Å². The Morgan fingerprint density at radius 2 is 1.65 bits per heavy atom. The molecule has 1 aromatic heterocycles. The molecule has 1 amide bonds. The fourth-order valence-corrected chi connectivity index (χ4v) is 3.91. The molecule has 1 saturated heterocycles. The minimum Gasteiger partial charge on any atom is -0.494 e. The lowest BCUT2D eigenvalue weighted by molar-refractivity contribution is 0.0746. The average molecular weight is 461 g/mol. The molecule has 7 heteroatoms. The quantitative estimate of drug-likeness (QED) is 0.414. The van der Waals surface area contributed by atoms with Crippen LogP contribution in [0.2, 0.25) is 0 Å². The van der Waals surface area contributed by atoms with Crippen molar-refractivity contribution >= 4 is 11.7 Å². The van der Waals surface area contributed by atoms with Crippen molar-refractivity contribution < 1.29 is 14.3 Å². The third-order valence-electron chi connectivity index (χ3n) is 5.78. The molecule has 0 N–H and O–H groups in total. The summed E-state index contributed by atoms with van der Waals surface area (Å²) >= 11 is 0. The van der Waals surface area contributed by atoms with Crippen LogP contribution in [0.15, 0.2) is 60.7 Å². The molecule has 1 aliphatic heterocycles. The van der Waals surface area contributed by atoms with Crippen molar-refractivity contribution in [2.75, 3.05) is 37.7 Å². The summed E-state index contributed by atoms with van der Waals surface area (Å²) in [6.45, 7) is 7.41. The molecule has 4 rings (SSSR count). The molecule has 2 aromatic carbocycles. The second-order valence-electron chi connectivity index (χ2n) is 8.39. The van der Waals surface area contributed by atoms with E-state index in [0.717, 1.165) is 23.7 Å². The molecule has 0 aliphatic carbocycles. The number of hydrogen-bond acceptors (Lipinski definition) is 6. The van der Waals surface area contributed by atoms with E-state index < -0.39 is 0 Å². The molecule has 7 nitrogen and oxygen atoms in total. The Balaban J connectivity index is 1.33. The van der Waals surface area contributed by atoms with Gasteiger partial charge in [-0.05, 0) is 49.7 Å². The van der Waals surface area contributed by atoms with Crippen LogP contribution in [0.4, 0.5) is 5.82 Å². The van der Waals surface area contributed by atoms with Crippen molar-refractivity contribution in [2.45, 2.75) is 33.1 Å². The smallest absolute Gasteiger partial charge is 0.253 e. The maximum Gasteiger partial charge on any atom is 0.253 e. The first-order valence-electron chi connectivity index (χ1n) is 12.0. The molecule has 0 unspecified atom stereocenters. The molecule has 34 heavy (non-hydrogen) atoms. The van der Waals surface area contributed by atoms with Gasteiger partial charge in [0.25, 0.3) is 5.91 Å². The molecular formula is C27H32N4O3. The third kappa shape index (κ3) is 6.25. The highest BCUT2D eigenvalue weighted by molar-refractivity contribution is 5.94. The van der Waals surface area contributed by atoms with E-state index in [1.165, 1.54) is 12.8 Å². The van der Waals surface area contributed by atoms with Gasteiger partial charge < -0.3 is 19.3 Å². The number of aromatic nitrogens is 2. The first kappa shape index (κ1) is 23.5. The SMILES string of the molecule is CCCCCOc1ccc(C(=O)N2CCN(c3cc(Oc4ccccc4)nc(C)n3)CC2)cc1. The lowest BCUT2D eigenvalue weighted by atomic mass is 10.1. The number of carbonyl (C=O) groups excluding carboxylic acids is 1. The van der Waals surface area contributed by atoms with Crippen LogP contribution in [-0.2, 0) is 0 Å². The Bertz CT molecular complexity index is 1060. The van der Waals surface area contributed by atoms with E-state index in [1.807, 2.05) is 72.5 Å². The predicted octanol–water partition coefficient (Wildman–Crippen LogP) is 5.11. The highest BCUT2D eigenvalue weighted by Crippen LogP contribution is 2.24. The zero-order valence-corrected chi connectivity index (χ0v) is 19.9. The van der Waals surface area contributed by atoms with Crippen LogP contribution in [0.5, 0.6) is 17.4 Å². The van der Waals surface area contributed by atoms with Crippen molar-refractivity contribution in [2.24, 2.45) is 0 Å². The van der Waals surface area contributed by atoms with Gasteiger partial charge in [0.2, 0.25) is 5.88 Å². The summed E-state index contributed by atoms with van der Waals surface area (Å²) in [4.78, 5) is 26.0. The number of ether oxygens (including phenoxy) is 2. The molecule has 1 fully saturated rings. The van der Waals surface area contributed by atoms with Crippen LogP contribution >= 0.6 is 0 Å². The normalized spacial score (nSPS) is 13.6. The lowest BCUT2D eigenvalue weighted by Crippen LogP contribution is -2.49. The van der Waals surface area contributed by atoms with Crippen molar-refractivity contribution in [3.05, 3.63) is 72.1 Å². The van der Waals surface area contributed by atoms with Crippen LogP contribution in [-0.4, -0.2) is 53.6 Å². The van der Waals surface area contributed by atoms with Gasteiger partial charge in [-0.2, -0.15) is 4.98 Å². The van der Waals surface area contributed by atoms with Gasteiger partial charge in [-0.15, -0.1) is 0 Å². The standard InChI is InChI=1S/C27H32N4O3/c1-3-4-8-19-33-23-13-11-22(12-14-23)27(32)31-17-15-30(16-18-31)25-20-26(29-21(2)28-25)34-24-9-6-5-7-10-24/h5-7,9-14,20H,3-4,8,15-19H2,1-2H3. The summed E-state index contributed by atoms with van der Waals surface area (Å²) in [5, 5.41) is 0. The number of rotatable bonds is 9. The van der Waals surface area contributed by atoms with Gasteiger partial charge in [-0.1, -0.05) is 38.0 Å². The number of para-hydroxylation sites is 1. The summed E-state index contributed by atoms with van der Waals surface area (Å²) in [6.07, 6.45) is 3.38. The Kier molecular flexibility index (Phi) is 7.96. The molecule has 0 spiro atoms. The Labute approximate surface area is 201 Å². The fourth-order valence-electron chi connectivity index (χ4n) is 3.91. The van der Waals surface area contributed by atoms with Gasteiger partial charge in [0.1, 0.15) is 23.1 Å². The summed E-state index contributed by atoms with van der Waals surface area (Å²) in [6, 6.07) is 18.9. The molecule has 0 saturated carbocycles. The van der Waals surface area contributed by atoms with Gasteiger partial charge in [0.05, 0.1) is 6.61 Å². The number of unbranched alkanes of at least 4 members (excludes halogenated alkanes) is 2. The summed E-state index contributed by atoms with van der Waals surface area (Å²) in [5.41, 5.74) is 0.686. The third-order valence-corrected chi connectivity index (χ3v) is 5.78. The van der Waals surface area contributed by atoms with Gasteiger partial charge in [-0.3, -0.25) is 4.79 Å². The number of anilines is 1. The molecule has 1 aliphatic rings. The Morgan fingerprint density at radius 1 is 0.912 bits per heavy atom. The lowest BCUT2D eigenvalue weighted by Gasteiger charge is -2.35. The van der Waals surface area contributed by atoms with E-state index in [2.05, 4.69) is 21.8 Å². The Morgan fingerprint density at radius 3 is 2.35 bits per heavy atom. The van der Waals surface area contributed by atoms with Crippen molar-refractivity contribution in [1.29, 1.82) is 0 Å². The number of benzene rings is 2. The highest BCUT2D eigenvalue weighted by Gasteiger charge is 2.23. The zero-order chi connectivity index (χ0) is 23.8. The van der Waals surface area contributed by atoms with Crippen LogP contribution < -0.4 is 14.4 Å². The van der Waals surface area contributed by atoms with Gasteiger partial charge >= 0.3 is 0 Å². The zero-order valence-electron chi connectivity index (χ0n) is 19.9. The van der Waals surface area contributed by atoms with Crippen molar-refractivity contribution in [3.63, 3.8) is 0 Å². The van der Waals surface area contributed by atoms with Crippen molar-refractivity contribution in [1.82, 2.24) is 14.9 Å². The minimum absolute atomic E-state index is 0.0455. The maximum atomic E-state index is 13.0. The molecule has 0 atom stereocenters. The number of hydrogen-bond donors (Lipinski definition) is 0. The van der Waals surface area contributed by atoms with Crippen LogP contribution in [0, 0.1) is 6.92 Å². The molecule has 178 valence electrons. The van der Waals surface area contributed by atoms with Gasteiger partial charge in [0.15, 0.2) is 0 Å². The largest absolute Gasteiger partial charge is 0.494 e. The van der Waals surface area contributed by atoms with Crippen LogP contribution in [0.25, 0.3) is 0 Å². The van der Waals surface area contributed by atoms with E-state index in [4.69, 9.17) is 9.47 Å². The van der Waals surface area contributed by atoms with Gasteiger partial charge in [0, 0.05) is 37.8 Å². The number of amides is 1. The number of aryl methyl sites for hydroxylation is 1.